The number of likely N-dealkylation sites (N-methyl/N-ethyl adjacent to an activating group) is 1. The van der Waals surface area contributed by atoms with Crippen molar-refractivity contribution in [3.05, 3.63) is 0 Å². The Balaban J connectivity index is 1.77. The molecule has 0 saturated carbocycles. The van der Waals surface area contributed by atoms with Crippen molar-refractivity contribution in [2.45, 2.75) is 32.2 Å². The third kappa shape index (κ3) is 2.99. The molecule has 2 saturated heterocycles. The predicted molar refractivity (Wildman–Crippen MR) is 68.9 cm³/mol. The third-order valence-corrected chi connectivity index (χ3v) is 4.28. The SMILES string of the molecule is CCN1CCC(CN2CCC(NC)C2=O)CC1. The van der Waals surface area contributed by atoms with Gasteiger partial charge in [-0.25, -0.2) is 0 Å². The molecule has 2 heterocycles. The summed E-state index contributed by atoms with van der Waals surface area (Å²) in [6.07, 6.45) is 3.48. The number of piperidine rings is 1. The molecule has 2 aliphatic heterocycles. The van der Waals surface area contributed by atoms with Crippen molar-refractivity contribution in [1.29, 1.82) is 0 Å². The van der Waals surface area contributed by atoms with E-state index in [2.05, 4.69) is 22.0 Å². The Morgan fingerprint density at radius 1 is 1.24 bits per heavy atom. The summed E-state index contributed by atoms with van der Waals surface area (Å²) in [5, 5.41) is 3.10. The van der Waals surface area contributed by atoms with E-state index in [-0.39, 0.29) is 6.04 Å². The van der Waals surface area contributed by atoms with E-state index in [1.54, 1.807) is 0 Å². The van der Waals surface area contributed by atoms with Crippen molar-refractivity contribution in [1.82, 2.24) is 15.1 Å². The maximum absolute atomic E-state index is 12.0. The highest BCUT2D eigenvalue weighted by Crippen LogP contribution is 2.21. The van der Waals surface area contributed by atoms with E-state index in [4.69, 9.17) is 0 Å². The summed E-state index contributed by atoms with van der Waals surface area (Å²) in [5.74, 6) is 1.03. The zero-order valence-electron chi connectivity index (χ0n) is 11.1. The largest absolute Gasteiger partial charge is 0.341 e. The lowest BCUT2D eigenvalue weighted by Crippen LogP contribution is -2.41. The molecule has 0 radical (unpaired) electrons. The lowest BCUT2D eigenvalue weighted by molar-refractivity contribution is -0.130. The van der Waals surface area contributed by atoms with Crippen molar-refractivity contribution >= 4 is 5.91 Å². The summed E-state index contributed by atoms with van der Waals surface area (Å²) >= 11 is 0. The van der Waals surface area contributed by atoms with Crippen LogP contribution in [0.4, 0.5) is 0 Å². The number of carbonyl (C=O) groups excluding carboxylic acids is 1. The van der Waals surface area contributed by atoms with E-state index < -0.39 is 0 Å². The van der Waals surface area contributed by atoms with Gasteiger partial charge in [0.1, 0.15) is 0 Å². The Morgan fingerprint density at radius 3 is 2.47 bits per heavy atom. The van der Waals surface area contributed by atoms with Gasteiger partial charge in [0, 0.05) is 13.1 Å². The summed E-state index contributed by atoms with van der Waals surface area (Å²) in [6, 6.07) is 0.0748. The van der Waals surface area contributed by atoms with Gasteiger partial charge in [0.2, 0.25) is 5.91 Å². The molecular weight excluding hydrogens is 214 g/mol. The van der Waals surface area contributed by atoms with Gasteiger partial charge in [0.15, 0.2) is 0 Å². The van der Waals surface area contributed by atoms with E-state index in [1.807, 2.05) is 7.05 Å². The Kier molecular flexibility index (Phi) is 4.40. The molecule has 4 heteroatoms. The maximum Gasteiger partial charge on any atom is 0.239 e. The van der Waals surface area contributed by atoms with Crippen LogP contribution in [0.3, 0.4) is 0 Å². The molecule has 1 atom stereocenters. The maximum atomic E-state index is 12.0. The van der Waals surface area contributed by atoms with Crippen LogP contribution in [0.25, 0.3) is 0 Å². The molecule has 0 aromatic rings. The molecule has 0 aromatic carbocycles. The fourth-order valence-electron chi connectivity index (χ4n) is 2.98. The van der Waals surface area contributed by atoms with Gasteiger partial charge < -0.3 is 15.1 Å². The first kappa shape index (κ1) is 12.8. The molecule has 0 bridgehead atoms. The van der Waals surface area contributed by atoms with E-state index in [9.17, 15) is 4.79 Å². The molecule has 17 heavy (non-hydrogen) atoms. The minimum Gasteiger partial charge on any atom is -0.341 e. The highest BCUT2D eigenvalue weighted by molar-refractivity contribution is 5.83. The summed E-state index contributed by atoms with van der Waals surface area (Å²) < 4.78 is 0. The molecule has 0 aliphatic carbocycles. The van der Waals surface area contributed by atoms with Crippen LogP contribution in [-0.4, -0.2) is 61.5 Å². The van der Waals surface area contributed by atoms with Crippen molar-refractivity contribution in [3.8, 4) is 0 Å². The second-order valence-corrected chi connectivity index (χ2v) is 5.29. The van der Waals surface area contributed by atoms with Gasteiger partial charge in [0.25, 0.3) is 0 Å². The molecule has 1 unspecified atom stereocenters. The van der Waals surface area contributed by atoms with Gasteiger partial charge in [0.05, 0.1) is 6.04 Å². The number of carbonyl (C=O) groups is 1. The number of rotatable bonds is 4. The Morgan fingerprint density at radius 2 is 1.94 bits per heavy atom. The minimum atomic E-state index is 0.0748. The molecule has 2 aliphatic rings. The zero-order chi connectivity index (χ0) is 12.3. The summed E-state index contributed by atoms with van der Waals surface area (Å²) in [5.41, 5.74) is 0. The standard InChI is InChI=1S/C13H25N3O/c1-3-15-7-4-11(5-8-15)10-16-9-6-12(14-2)13(16)17/h11-12,14H,3-10H2,1-2H3. The van der Waals surface area contributed by atoms with E-state index in [0.717, 1.165) is 32.0 Å². The summed E-state index contributed by atoms with van der Waals surface area (Å²) in [4.78, 5) is 16.5. The lowest BCUT2D eigenvalue weighted by Gasteiger charge is -2.33. The fraction of sp³-hybridized carbons (Fsp3) is 0.923. The van der Waals surface area contributed by atoms with E-state index in [1.165, 1.54) is 25.9 Å². The predicted octanol–water partition coefficient (Wildman–Crippen LogP) is 0.539. The van der Waals surface area contributed by atoms with Crippen molar-refractivity contribution in [3.63, 3.8) is 0 Å². The van der Waals surface area contributed by atoms with Crippen LogP contribution in [0, 0.1) is 5.92 Å². The van der Waals surface area contributed by atoms with Crippen LogP contribution in [0.5, 0.6) is 0 Å². The van der Waals surface area contributed by atoms with Gasteiger partial charge in [-0.1, -0.05) is 6.92 Å². The number of hydrogen-bond acceptors (Lipinski definition) is 3. The molecule has 2 fully saturated rings. The first-order chi connectivity index (χ1) is 8.24. The summed E-state index contributed by atoms with van der Waals surface area (Å²) in [6.45, 7) is 7.73. The van der Waals surface area contributed by atoms with Crippen molar-refractivity contribution in [2.24, 2.45) is 5.92 Å². The zero-order valence-corrected chi connectivity index (χ0v) is 11.1. The fourth-order valence-corrected chi connectivity index (χ4v) is 2.98. The van der Waals surface area contributed by atoms with Crippen LogP contribution >= 0.6 is 0 Å². The van der Waals surface area contributed by atoms with Gasteiger partial charge in [-0.15, -0.1) is 0 Å². The number of likely N-dealkylation sites (tertiary alicyclic amines) is 2. The van der Waals surface area contributed by atoms with Crippen LogP contribution in [0.1, 0.15) is 26.2 Å². The minimum absolute atomic E-state index is 0.0748. The molecule has 1 N–H and O–H groups in total. The van der Waals surface area contributed by atoms with E-state index >= 15 is 0 Å². The van der Waals surface area contributed by atoms with Crippen molar-refractivity contribution in [2.75, 3.05) is 39.8 Å². The second kappa shape index (κ2) is 5.83. The highest BCUT2D eigenvalue weighted by Gasteiger charge is 2.32. The molecule has 4 nitrogen and oxygen atoms in total. The smallest absolute Gasteiger partial charge is 0.239 e. The number of amides is 1. The summed E-state index contributed by atoms with van der Waals surface area (Å²) in [7, 11) is 1.88. The quantitative estimate of drug-likeness (QED) is 0.778. The molecule has 0 aromatic heterocycles. The van der Waals surface area contributed by atoms with Gasteiger partial charge in [-0.2, -0.15) is 0 Å². The molecule has 98 valence electrons. The topological polar surface area (TPSA) is 35.6 Å². The van der Waals surface area contributed by atoms with Crippen LogP contribution < -0.4 is 5.32 Å². The van der Waals surface area contributed by atoms with Gasteiger partial charge in [-0.3, -0.25) is 4.79 Å². The molecule has 0 spiro atoms. The Hall–Kier alpha value is -0.610. The third-order valence-electron chi connectivity index (χ3n) is 4.28. The van der Waals surface area contributed by atoms with Crippen LogP contribution in [0.15, 0.2) is 0 Å². The number of nitrogens with zero attached hydrogens (tertiary/aromatic N) is 2. The number of hydrogen-bond donors (Lipinski definition) is 1. The first-order valence-corrected chi connectivity index (χ1v) is 6.93. The Labute approximate surface area is 104 Å². The molecular formula is C13H25N3O. The van der Waals surface area contributed by atoms with Crippen LogP contribution in [-0.2, 0) is 4.79 Å². The highest BCUT2D eigenvalue weighted by atomic mass is 16.2. The average molecular weight is 239 g/mol. The first-order valence-electron chi connectivity index (χ1n) is 6.93. The van der Waals surface area contributed by atoms with Crippen molar-refractivity contribution < 1.29 is 4.79 Å². The monoisotopic (exact) mass is 239 g/mol. The Bertz CT molecular complexity index is 261. The van der Waals surface area contributed by atoms with Crippen LogP contribution in [0.2, 0.25) is 0 Å². The van der Waals surface area contributed by atoms with Gasteiger partial charge in [-0.05, 0) is 51.9 Å². The van der Waals surface area contributed by atoms with E-state index in [0.29, 0.717) is 5.91 Å². The molecule has 1 amide bonds. The van der Waals surface area contributed by atoms with Gasteiger partial charge >= 0.3 is 0 Å². The average Bonchev–Trinajstić information content (AvgIpc) is 2.71. The number of nitrogens with one attached hydrogen (secondary N) is 1. The molecule has 2 rings (SSSR count). The lowest BCUT2D eigenvalue weighted by atomic mass is 9.96. The second-order valence-electron chi connectivity index (χ2n) is 5.29. The normalized spacial score (nSPS) is 28.0.